The Morgan fingerprint density at radius 3 is 2.70 bits per heavy atom. The molecule has 2 aromatic carbocycles. The molecule has 0 aliphatic rings. The summed E-state index contributed by atoms with van der Waals surface area (Å²) in [6, 6.07) is 15.0. The molecule has 0 fully saturated rings. The van der Waals surface area contributed by atoms with Gasteiger partial charge in [-0.1, -0.05) is 34.1 Å². The number of benzene rings is 2. The van der Waals surface area contributed by atoms with Gasteiger partial charge in [0.25, 0.3) is 5.69 Å². The largest absolute Gasteiger partial charge is 0.343 e. The molecule has 5 heteroatoms. The molecule has 0 atom stereocenters. The van der Waals surface area contributed by atoms with Gasteiger partial charge in [0.2, 0.25) is 0 Å². The van der Waals surface area contributed by atoms with Crippen LogP contribution in [-0.2, 0) is 6.54 Å². The van der Waals surface area contributed by atoms with Crippen molar-refractivity contribution in [2.45, 2.75) is 6.54 Å². The van der Waals surface area contributed by atoms with Crippen molar-refractivity contribution < 1.29 is 4.92 Å². The summed E-state index contributed by atoms with van der Waals surface area (Å²) in [7, 11) is 0. The Morgan fingerprint density at radius 2 is 1.95 bits per heavy atom. The van der Waals surface area contributed by atoms with Crippen LogP contribution in [0.5, 0.6) is 0 Å². The summed E-state index contributed by atoms with van der Waals surface area (Å²) >= 11 is 3.45. The van der Waals surface area contributed by atoms with Gasteiger partial charge in [-0.05, 0) is 29.8 Å². The van der Waals surface area contributed by atoms with E-state index in [2.05, 4.69) is 15.9 Å². The topological polar surface area (TPSA) is 48.1 Å². The molecule has 100 valence electrons. The first-order valence-electron chi connectivity index (χ1n) is 6.12. The first kappa shape index (κ1) is 12.9. The molecular formula is C15H11BrN2O2. The standard InChI is InChI=1S/C15H11BrN2O2/c16-12-4-1-3-11(9-12)10-17-8-7-13-14(17)5-2-6-15(13)18(19)20/h1-9H,10H2. The van der Waals surface area contributed by atoms with Crippen LogP contribution in [0, 0.1) is 10.1 Å². The molecule has 0 saturated carbocycles. The lowest BCUT2D eigenvalue weighted by molar-refractivity contribution is -0.383. The molecule has 0 aliphatic heterocycles. The molecule has 3 aromatic rings. The Labute approximate surface area is 123 Å². The van der Waals surface area contributed by atoms with Crippen LogP contribution in [-0.4, -0.2) is 9.49 Å². The van der Waals surface area contributed by atoms with Crippen molar-refractivity contribution in [2.24, 2.45) is 0 Å². The molecule has 4 nitrogen and oxygen atoms in total. The van der Waals surface area contributed by atoms with E-state index < -0.39 is 0 Å². The number of rotatable bonds is 3. The van der Waals surface area contributed by atoms with Gasteiger partial charge in [-0.2, -0.15) is 0 Å². The average molecular weight is 331 g/mol. The molecule has 0 spiro atoms. The van der Waals surface area contributed by atoms with Gasteiger partial charge in [-0.15, -0.1) is 0 Å². The van der Waals surface area contributed by atoms with Gasteiger partial charge in [0.15, 0.2) is 0 Å². The molecule has 0 radical (unpaired) electrons. The molecule has 20 heavy (non-hydrogen) atoms. The van der Waals surface area contributed by atoms with Gasteiger partial charge >= 0.3 is 0 Å². The van der Waals surface area contributed by atoms with E-state index in [-0.39, 0.29) is 10.6 Å². The molecule has 0 unspecified atom stereocenters. The van der Waals surface area contributed by atoms with E-state index in [1.165, 1.54) is 6.07 Å². The summed E-state index contributed by atoms with van der Waals surface area (Å²) in [4.78, 5) is 10.7. The van der Waals surface area contributed by atoms with E-state index in [1.807, 2.05) is 41.1 Å². The molecule has 1 heterocycles. The van der Waals surface area contributed by atoms with Gasteiger partial charge in [0, 0.05) is 23.3 Å². The maximum Gasteiger partial charge on any atom is 0.278 e. The fourth-order valence-corrected chi connectivity index (χ4v) is 2.78. The SMILES string of the molecule is O=[N+]([O-])c1cccc2c1ccn2Cc1cccc(Br)c1. The first-order valence-corrected chi connectivity index (χ1v) is 6.91. The van der Waals surface area contributed by atoms with E-state index in [9.17, 15) is 10.1 Å². The van der Waals surface area contributed by atoms with Crippen LogP contribution in [0.2, 0.25) is 0 Å². The zero-order chi connectivity index (χ0) is 14.1. The van der Waals surface area contributed by atoms with Gasteiger partial charge in [-0.25, -0.2) is 0 Å². The number of nitro groups is 1. The van der Waals surface area contributed by atoms with E-state index in [1.54, 1.807) is 12.1 Å². The van der Waals surface area contributed by atoms with Crippen LogP contribution in [0.4, 0.5) is 5.69 Å². The molecule has 0 N–H and O–H groups in total. The Balaban J connectivity index is 2.05. The van der Waals surface area contributed by atoms with Crippen LogP contribution in [0.1, 0.15) is 5.56 Å². The maximum absolute atomic E-state index is 11.0. The fourth-order valence-electron chi connectivity index (χ4n) is 2.34. The van der Waals surface area contributed by atoms with Gasteiger partial charge in [0.1, 0.15) is 0 Å². The number of fused-ring (bicyclic) bond motifs is 1. The third-order valence-electron chi connectivity index (χ3n) is 3.23. The highest BCUT2D eigenvalue weighted by Gasteiger charge is 2.13. The third-order valence-corrected chi connectivity index (χ3v) is 3.72. The number of nitrogens with zero attached hydrogens (tertiary/aromatic N) is 2. The Kier molecular flexibility index (Phi) is 3.28. The van der Waals surface area contributed by atoms with Crippen LogP contribution in [0.3, 0.4) is 0 Å². The maximum atomic E-state index is 11.0. The fraction of sp³-hybridized carbons (Fsp3) is 0.0667. The average Bonchev–Trinajstić information content (AvgIpc) is 2.82. The van der Waals surface area contributed by atoms with E-state index >= 15 is 0 Å². The third kappa shape index (κ3) is 2.32. The minimum atomic E-state index is -0.341. The van der Waals surface area contributed by atoms with Crippen LogP contribution < -0.4 is 0 Å². The van der Waals surface area contributed by atoms with Crippen molar-refractivity contribution in [3.63, 3.8) is 0 Å². The number of nitro benzene ring substituents is 1. The van der Waals surface area contributed by atoms with E-state index in [4.69, 9.17) is 0 Å². The van der Waals surface area contributed by atoms with Crippen molar-refractivity contribution in [3.8, 4) is 0 Å². The summed E-state index contributed by atoms with van der Waals surface area (Å²) < 4.78 is 3.04. The minimum absolute atomic E-state index is 0.149. The zero-order valence-corrected chi connectivity index (χ0v) is 12.1. The van der Waals surface area contributed by atoms with Crippen molar-refractivity contribution in [1.29, 1.82) is 0 Å². The molecule has 0 aliphatic carbocycles. The van der Waals surface area contributed by atoms with Crippen molar-refractivity contribution in [2.75, 3.05) is 0 Å². The lowest BCUT2D eigenvalue weighted by atomic mass is 10.2. The zero-order valence-electron chi connectivity index (χ0n) is 10.5. The number of hydrogen-bond acceptors (Lipinski definition) is 2. The van der Waals surface area contributed by atoms with Crippen LogP contribution >= 0.6 is 15.9 Å². The lowest BCUT2D eigenvalue weighted by Gasteiger charge is -2.06. The number of hydrogen-bond donors (Lipinski definition) is 0. The summed E-state index contributed by atoms with van der Waals surface area (Å²) in [6.07, 6.45) is 1.89. The van der Waals surface area contributed by atoms with Crippen LogP contribution in [0.15, 0.2) is 59.2 Å². The smallest absolute Gasteiger partial charge is 0.278 e. The molecule has 1 aromatic heterocycles. The highest BCUT2D eigenvalue weighted by Crippen LogP contribution is 2.27. The summed E-state index contributed by atoms with van der Waals surface area (Å²) in [5.74, 6) is 0. The van der Waals surface area contributed by atoms with Gasteiger partial charge < -0.3 is 4.57 Å². The number of non-ortho nitro benzene ring substituents is 1. The summed E-state index contributed by atoms with van der Waals surface area (Å²) in [5, 5.41) is 11.7. The molecule has 0 bridgehead atoms. The Bertz CT molecular complexity index is 795. The summed E-state index contributed by atoms with van der Waals surface area (Å²) in [5.41, 5.74) is 2.16. The number of aromatic nitrogens is 1. The summed E-state index contributed by atoms with van der Waals surface area (Å²) in [6.45, 7) is 0.685. The Hall–Kier alpha value is -2.14. The predicted molar refractivity (Wildman–Crippen MR) is 81.8 cm³/mol. The monoisotopic (exact) mass is 330 g/mol. The van der Waals surface area contributed by atoms with E-state index in [0.717, 1.165) is 15.6 Å². The Morgan fingerprint density at radius 1 is 1.15 bits per heavy atom. The second-order valence-corrected chi connectivity index (χ2v) is 5.46. The second kappa shape index (κ2) is 5.09. The predicted octanol–water partition coefficient (Wildman–Crippen LogP) is 4.36. The van der Waals surface area contributed by atoms with Crippen molar-refractivity contribution in [1.82, 2.24) is 4.57 Å². The highest BCUT2D eigenvalue weighted by molar-refractivity contribution is 9.10. The van der Waals surface area contributed by atoms with Gasteiger partial charge in [-0.3, -0.25) is 10.1 Å². The lowest BCUT2D eigenvalue weighted by Crippen LogP contribution is -1.98. The molecular weight excluding hydrogens is 320 g/mol. The quantitative estimate of drug-likeness (QED) is 0.529. The number of halogens is 1. The van der Waals surface area contributed by atoms with Crippen molar-refractivity contribution in [3.05, 3.63) is 74.9 Å². The highest BCUT2D eigenvalue weighted by atomic mass is 79.9. The second-order valence-electron chi connectivity index (χ2n) is 4.54. The van der Waals surface area contributed by atoms with E-state index in [0.29, 0.717) is 11.9 Å². The minimum Gasteiger partial charge on any atom is -0.343 e. The van der Waals surface area contributed by atoms with Crippen LogP contribution in [0.25, 0.3) is 10.9 Å². The molecule has 3 rings (SSSR count). The molecule has 0 saturated heterocycles. The normalized spacial score (nSPS) is 10.8. The van der Waals surface area contributed by atoms with Gasteiger partial charge in [0.05, 0.1) is 15.8 Å². The molecule has 0 amide bonds. The van der Waals surface area contributed by atoms with Crippen molar-refractivity contribution >= 4 is 32.5 Å². The first-order chi connectivity index (χ1) is 9.65.